The van der Waals surface area contributed by atoms with Crippen LogP contribution in [0.2, 0.25) is 0 Å². The van der Waals surface area contributed by atoms with Gasteiger partial charge in [0.05, 0.1) is 0 Å². The Balaban J connectivity index is 1.75. The molecule has 0 aromatic carbocycles. The average Bonchev–Trinajstić information content (AvgIpc) is 3.05. The van der Waals surface area contributed by atoms with Gasteiger partial charge in [-0.25, -0.2) is 0 Å². The summed E-state index contributed by atoms with van der Waals surface area (Å²) in [7, 11) is 0. The summed E-state index contributed by atoms with van der Waals surface area (Å²) in [6.45, 7) is 1.30. The minimum Gasteiger partial charge on any atom is -0.311 e. The zero-order valence-corrected chi connectivity index (χ0v) is 9.93. The first kappa shape index (κ1) is 10.1. The van der Waals surface area contributed by atoms with Crippen LogP contribution in [0.3, 0.4) is 0 Å². The Labute approximate surface area is 94.0 Å². The van der Waals surface area contributed by atoms with Crippen molar-refractivity contribution >= 4 is 0 Å². The summed E-state index contributed by atoms with van der Waals surface area (Å²) in [5, 5.41) is 3.93. The lowest BCUT2D eigenvalue weighted by molar-refractivity contribution is 0.182. The van der Waals surface area contributed by atoms with Gasteiger partial charge in [0.25, 0.3) is 0 Å². The fourth-order valence-corrected chi connectivity index (χ4v) is 4.21. The predicted octanol–water partition coefficient (Wildman–Crippen LogP) is 3.49. The van der Waals surface area contributed by atoms with Crippen LogP contribution in [0, 0.1) is 11.8 Å². The summed E-state index contributed by atoms with van der Waals surface area (Å²) in [5.41, 5.74) is 0.615. The highest BCUT2D eigenvalue weighted by molar-refractivity contribution is 5.07. The maximum Gasteiger partial charge on any atom is 0.0238 e. The Morgan fingerprint density at radius 2 is 1.40 bits per heavy atom. The normalized spacial score (nSPS) is 39.2. The Hall–Kier alpha value is -0.0400. The highest BCUT2D eigenvalue weighted by atomic mass is 15.0. The van der Waals surface area contributed by atoms with E-state index in [0.29, 0.717) is 5.54 Å². The lowest BCUT2D eigenvalue weighted by Crippen LogP contribution is -2.48. The van der Waals surface area contributed by atoms with E-state index in [1.54, 1.807) is 0 Å². The Morgan fingerprint density at radius 1 is 0.733 bits per heavy atom. The highest BCUT2D eigenvalue weighted by Crippen LogP contribution is 2.51. The SMILES string of the molecule is C1CCCC(C2(C3CC3)CCCN2)CC1. The Morgan fingerprint density at radius 3 is 1.93 bits per heavy atom. The summed E-state index contributed by atoms with van der Waals surface area (Å²) in [6.07, 6.45) is 15.0. The maximum absolute atomic E-state index is 3.93. The van der Waals surface area contributed by atoms with Crippen LogP contribution in [-0.4, -0.2) is 12.1 Å². The van der Waals surface area contributed by atoms with Crippen molar-refractivity contribution in [2.45, 2.75) is 69.7 Å². The number of hydrogen-bond donors (Lipinski definition) is 1. The Bertz CT molecular complexity index is 205. The molecule has 1 nitrogen and oxygen atoms in total. The molecule has 2 aliphatic carbocycles. The first-order chi connectivity index (χ1) is 7.42. The summed E-state index contributed by atoms with van der Waals surface area (Å²) in [5.74, 6) is 2.08. The van der Waals surface area contributed by atoms with Crippen molar-refractivity contribution in [1.29, 1.82) is 0 Å². The van der Waals surface area contributed by atoms with Gasteiger partial charge in [0.1, 0.15) is 0 Å². The molecule has 3 aliphatic rings. The number of rotatable bonds is 2. The van der Waals surface area contributed by atoms with Crippen molar-refractivity contribution in [2.24, 2.45) is 11.8 Å². The lowest BCUT2D eigenvalue weighted by Gasteiger charge is -2.38. The van der Waals surface area contributed by atoms with Gasteiger partial charge in [-0.1, -0.05) is 25.7 Å². The first-order valence-corrected chi connectivity index (χ1v) is 7.17. The van der Waals surface area contributed by atoms with Crippen molar-refractivity contribution in [3.05, 3.63) is 0 Å². The molecule has 1 atom stereocenters. The molecular formula is C14H25N. The van der Waals surface area contributed by atoms with Gasteiger partial charge in [0, 0.05) is 5.54 Å². The van der Waals surface area contributed by atoms with Crippen LogP contribution >= 0.6 is 0 Å². The average molecular weight is 207 g/mol. The molecule has 0 spiro atoms. The monoisotopic (exact) mass is 207 g/mol. The molecule has 1 aliphatic heterocycles. The van der Waals surface area contributed by atoms with E-state index in [2.05, 4.69) is 5.32 Å². The molecule has 0 radical (unpaired) electrons. The standard InChI is InChI=1S/C14H25N/c1-2-4-7-12(6-3-1)14(13-8-9-13)10-5-11-15-14/h12-13,15H,1-11H2. The zero-order chi connectivity index (χ0) is 10.1. The van der Waals surface area contributed by atoms with Gasteiger partial charge >= 0.3 is 0 Å². The van der Waals surface area contributed by atoms with E-state index in [0.717, 1.165) is 11.8 Å². The van der Waals surface area contributed by atoms with Crippen molar-refractivity contribution < 1.29 is 0 Å². The molecule has 3 fully saturated rings. The molecule has 1 saturated heterocycles. The minimum atomic E-state index is 0.615. The molecule has 0 aromatic rings. The molecule has 3 rings (SSSR count). The molecule has 1 heteroatoms. The van der Waals surface area contributed by atoms with E-state index in [1.807, 2.05) is 0 Å². The largest absolute Gasteiger partial charge is 0.311 e. The van der Waals surface area contributed by atoms with Crippen LogP contribution in [0.25, 0.3) is 0 Å². The first-order valence-electron chi connectivity index (χ1n) is 7.17. The third-order valence-electron chi connectivity index (χ3n) is 5.11. The number of hydrogen-bond acceptors (Lipinski definition) is 1. The van der Waals surface area contributed by atoms with Gasteiger partial charge < -0.3 is 5.32 Å². The van der Waals surface area contributed by atoms with E-state index >= 15 is 0 Å². The number of nitrogens with one attached hydrogen (secondary N) is 1. The van der Waals surface area contributed by atoms with Gasteiger partial charge in [-0.2, -0.15) is 0 Å². The molecule has 86 valence electrons. The fraction of sp³-hybridized carbons (Fsp3) is 1.00. The van der Waals surface area contributed by atoms with Crippen molar-refractivity contribution in [3.63, 3.8) is 0 Å². The van der Waals surface area contributed by atoms with Crippen LogP contribution in [0.1, 0.15) is 64.2 Å². The second kappa shape index (κ2) is 4.08. The van der Waals surface area contributed by atoms with E-state index in [9.17, 15) is 0 Å². The minimum absolute atomic E-state index is 0.615. The van der Waals surface area contributed by atoms with E-state index in [4.69, 9.17) is 0 Å². The fourth-order valence-electron chi connectivity index (χ4n) is 4.21. The van der Waals surface area contributed by atoms with Crippen molar-refractivity contribution in [3.8, 4) is 0 Å². The van der Waals surface area contributed by atoms with Gasteiger partial charge in [-0.05, 0) is 56.9 Å². The molecule has 1 heterocycles. The molecule has 0 amide bonds. The lowest BCUT2D eigenvalue weighted by atomic mass is 9.74. The molecule has 1 N–H and O–H groups in total. The maximum atomic E-state index is 3.93. The smallest absolute Gasteiger partial charge is 0.0238 e. The van der Waals surface area contributed by atoms with Crippen LogP contribution in [0.5, 0.6) is 0 Å². The highest BCUT2D eigenvalue weighted by Gasteiger charge is 2.50. The van der Waals surface area contributed by atoms with E-state index in [-0.39, 0.29) is 0 Å². The second-order valence-electron chi connectivity index (χ2n) is 6.03. The molecule has 15 heavy (non-hydrogen) atoms. The third kappa shape index (κ3) is 1.84. The van der Waals surface area contributed by atoms with Crippen LogP contribution in [0.15, 0.2) is 0 Å². The van der Waals surface area contributed by atoms with E-state index < -0.39 is 0 Å². The topological polar surface area (TPSA) is 12.0 Å². The summed E-state index contributed by atoms with van der Waals surface area (Å²) in [4.78, 5) is 0. The van der Waals surface area contributed by atoms with Gasteiger partial charge in [-0.3, -0.25) is 0 Å². The van der Waals surface area contributed by atoms with Crippen molar-refractivity contribution in [1.82, 2.24) is 5.32 Å². The van der Waals surface area contributed by atoms with Crippen molar-refractivity contribution in [2.75, 3.05) is 6.54 Å². The van der Waals surface area contributed by atoms with Gasteiger partial charge in [-0.15, -0.1) is 0 Å². The molecular weight excluding hydrogens is 182 g/mol. The quantitative estimate of drug-likeness (QED) is 0.683. The van der Waals surface area contributed by atoms with Gasteiger partial charge in [0.2, 0.25) is 0 Å². The molecule has 0 bridgehead atoms. The molecule has 1 unspecified atom stereocenters. The molecule has 2 saturated carbocycles. The summed E-state index contributed by atoms with van der Waals surface area (Å²) in [6, 6.07) is 0. The second-order valence-corrected chi connectivity index (χ2v) is 6.03. The molecule has 0 aromatic heterocycles. The summed E-state index contributed by atoms with van der Waals surface area (Å²) >= 11 is 0. The summed E-state index contributed by atoms with van der Waals surface area (Å²) < 4.78 is 0. The van der Waals surface area contributed by atoms with Crippen LogP contribution in [-0.2, 0) is 0 Å². The van der Waals surface area contributed by atoms with Gasteiger partial charge in [0.15, 0.2) is 0 Å². The Kier molecular flexibility index (Phi) is 2.76. The van der Waals surface area contributed by atoms with Crippen LogP contribution in [0.4, 0.5) is 0 Å². The van der Waals surface area contributed by atoms with Crippen LogP contribution < -0.4 is 5.32 Å². The zero-order valence-electron chi connectivity index (χ0n) is 9.93. The van der Waals surface area contributed by atoms with E-state index in [1.165, 1.54) is 70.8 Å². The third-order valence-corrected chi connectivity index (χ3v) is 5.11. The predicted molar refractivity (Wildman–Crippen MR) is 63.9 cm³/mol.